The number of pyridine rings is 3. The molecule has 11 rings (SSSR count). The minimum absolute atomic E-state index is 0.0712. The molecule has 84 heavy (non-hydrogen) atoms. The van der Waals surface area contributed by atoms with Gasteiger partial charge in [-0.15, -0.1) is 0 Å². The lowest BCUT2D eigenvalue weighted by molar-refractivity contribution is -0.132. The Morgan fingerprint density at radius 1 is 0.917 bits per heavy atom. The van der Waals surface area contributed by atoms with Crippen LogP contribution in [-0.4, -0.2) is 142 Å². The van der Waals surface area contributed by atoms with Crippen LogP contribution in [0, 0.1) is 19.8 Å². The third-order valence-corrected chi connectivity index (χ3v) is 15.5. The Hall–Kier alpha value is -8.15. The number of aryl methyl sites for hydroxylation is 2. The molecule has 1 saturated carbocycles. The molecular formula is C61H74N14O9. The van der Waals surface area contributed by atoms with Gasteiger partial charge in [-0.1, -0.05) is 65.8 Å². The number of amides is 3. The van der Waals surface area contributed by atoms with E-state index >= 15 is 0 Å². The number of aliphatic hydroxyl groups is 3. The molecule has 8 atom stereocenters. The van der Waals surface area contributed by atoms with E-state index in [9.17, 15) is 34.2 Å². The monoisotopic (exact) mass is 1150 g/mol. The zero-order chi connectivity index (χ0) is 59.7. The number of β-amino-alcohol motifs (C(OH)–C–C–N with tert-alkyl or cyclic N) is 1. The number of aliphatic hydroxyl groups excluding tert-OH is 3. The highest BCUT2D eigenvalue weighted by molar-refractivity contribution is 6.12. The second-order valence-corrected chi connectivity index (χ2v) is 23.1. The fourth-order valence-electron chi connectivity index (χ4n) is 11.2. The number of azide groups is 1. The van der Waals surface area contributed by atoms with E-state index in [1.165, 1.54) is 10.8 Å². The number of aromatic nitrogens is 5. The Morgan fingerprint density at radius 2 is 1.65 bits per heavy atom. The van der Waals surface area contributed by atoms with Crippen LogP contribution in [0.1, 0.15) is 102 Å². The predicted octanol–water partition coefficient (Wildman–Crippen LogP) is 5.32. The number of nitrogens with zero attached hydrogens (tertiary/aromatic N) is 10. The first-order valence-electron chi connectivity index (χ1n) is 28.5. The van der Waals surface area contributed by atoms with Crippen LogP contribution < -0.4 is 32.1 Å². The number of anilines is 3. The molecule has 7 heterocycles. The number of hydrogen-bond acceptors (Lipinski definition) is 16. The third kappa shape index (κ3) is 15.0. The number of ether oxygens (including phenoxy) is 1. The van der Waals surface area contributed by atoms with Gasteiger partial charge in [-0.2, -0.15) is 0 Å². The highest BCUT2D eigenvalue weighted by Crippen LogP contribution is 2.44. The summed E-state index contributed by atoms with van der Waals surface area (Å²) in [5.74, 6) is 0.618. The maximum absolute atomic E-state index is 13.8. The van der Waals surface area contributed by atoms with E-state index in [1.807, 2.05) is 113 Å². The van der Waals surface area contributed by atoms with Crippen LogP contribution in [0.2, 0.25) is 0 Å². The van der Waals surface area contributed by atoms with E-state index in [-0.39, 0.29) is 43.7 Å². The Bertz CT molecular complexity index is 3440. The first-order valence-corrected chi connectivity index (χ1v) is 28.5. The summed E-state index contributed by atoms with van der Waals surface area (Å²) in [5.41, 5.74) is 13.9. The third-order valence-electron chi connectivity index (χ3n) is 15.5. The molecule has 442 valence electrons. The maximum atomic E-state index is 13.8. The van der Waals surface area contributed by atoms with Crippen molar-refractivity contribution >= 4 is 35.0 Å². The van der Waals surface area contributed by atoms with Gasteiger partial charge in [0.2, 0.25) is 11.8 Å². The van der Waals surface area contributed by atoms with E-state index in [0.29, 0.717) is 55.5 Å². The normalized spacial score (nSPS) is 21.7. The Balaban J connectivity index is 0.000000177. The van der Waals surface area contributed by atoms with Crippen molar-refractivity contribution in [2.75, 3.05) is 43.0 Å². The standard InChI is InChI=1S/C36H47N5O4.C15H14N4O.C10H13N5O4/c1-36(2,3)39-35(45)31-24-40(22-26-12-9-15-37-21-26)16-17-41(31)23-29(42)19-28(18-25-10-5-4-6-11-25)34(44)38-33-30-14-8-7-13-27(30)20-32(33)43;1-9-6-8-17-14-12(9)18-15(20)11-3-2-7-16-13(11)19(14)10-4-5-10;1-5-3-15(10(18)12-9(5)17)8-2-6(13-14-11)7(4-16)19-8/h4-15,21,28-29,31-33,42-43H,16-20,22-24H2,1-3H3,(H,38,44)(H,39,45);2-3,6-8,10H,4-5H2,1H3,(H,18,20);3,6-8,16H,2,4H2,1H3,(H,12,17,18)/t28-,29+,31+,32-,33+;;6-,7+,8+/m1.0/s1. The summed E-state index contributed by atoms with van der Waals surface area (Å²) in [7, 11) is 0. The van der Waals surface area contributed by atoms with Crippen LogP contribution in [0.4, 0.5) is 17.3 Å². The summed E-state index contributed by atoms with van der Waals surface area (Å²) in [6.07, 6.45) is 9.32. The summed E-state index contributed by atoms with van der Waals surface area (Å²) in [6.45, 7) is 12.0. The quantitative estimate of drug-likeness (QED) is 0.0389. The number of aromatic amines is 1. The van der Waals surface area contributed by atoms with Crippen molar-refractivity contribution in [1.82, 2.24) is 44.9 Å². The molecule has 23 heteroatoms. The van der Waals surface area contributed by atoms with Gasteiger partial charge in [0.05, 0.1) is 48.3 Å². The van der Waals surface area contributed by atoms with Crippen LogP contribution in [0.15, 0.2) is 131 Å². The van der Waals surface area contributed by atoms with Crippen LogP contribution in [-0.2, 0) is 33.7 Å². The fraction of sp³-hybridized carbons (Fsp3) is 0.443. The second-order valence-electron chi connectivity index (χ2n) is 23.1. The van der Waals surface area contributed by atoms with Crippen molar-refractivity contribution in [3.8, 4) is 0 Å². The van der Waals surface area contributed by atoms with Crippen molar-refractivity contribution in [2.45, 2.75) is 134 Å². The number of carbonyl (C=O) groups is 3. The van der Waals surface area contributed by atoms with Crippen molar-refractivity contribution in [3.05, 3.63) is 186 Å². The lowest BCUT2D eigenvalue weighted by Crippen LogP contribution is -2.61. The zero-order valence-corrected chi connectivity index (χ0v) is 47.9. The van der Waals surface area contributed by atoms with Gasteiger partial charge in [-0.25, -0.2) is 14.8 Å². The van der Waals surface area contributed by atoms with Gasteiger partial charge < -0.3 is 40.9 Å². The topological polar surface area (TPSA) is 309 Å². The Kier molecular flexibility index (Phi) is 19.5. The summed E-state index contributed by atoms with van der Waals surface area (Å²) >= 11 is 0. The number of hydrogen-bond donors (Lipinski definition) is 7. The van der Waals surface area contributed by atoms with Gasteiger partial charge in [0, 0.05) is 105 Å². The number of benzene rings is 2. The lowest BCUT2D eigenvalue weighted by Gasteiger charge is -2.42. The zero-order valence-electron chi connectivity index (χ0n) is 47.9. The predicted molar refractivity (Wildman–Crippen MR) is 315 cm³/mol. The van der Waals surface area contributed by atoms with Gasteiger partial charge in [-0.05, 0) is 118 Å². The second kappa shape index (κ2) is 27.0. The van der Waals surface area contributed by atoms with E-state index in [0.717, 1.165) is 58.7 Å². The maximum Gasteiger partial charge on any atom is 0.330 e. The van der Waals surface area contributed by atoms with Crippen LogP contribution in [0.5, 0.6) is 0 Å². The van der Waals surface area contributed by atoms with Crippen LogP contribution in [0.3, 0.4) is 0 Å². The number of piperazine rings is 1. The minimum atomic E-state index is -0.833. The van der Waals surface area contributed by atoms with Crippen molar-refractivity contribution < 1.29 is 34.4 Å². The molecule has 3 amide bonds. The Labute approximate surface area is 486 Å². The molecule has 0 spiro atoms. The summed E-state index contributed by atoms with van der Waals surface area (Å²) in [4.78, 5) is 87.1. The highest BCUT2D eigenvalue weighted by Gasteiger charge is 2.40. The van der Waals surface area contributed by atoms with Gasteiger partial charge in [0.1, 0.15) is 18.1 Å². The molecule has 5 aliphatic rings. The number of nitrogens with one attached hydrogen (secondary N) is 4. The van der Waals surface area contributed by atoms with Gasteiger partial charge in [0.15, 0.2) is 5.82 Å². The largest absolute Gasteiger partial charge is 0.394 e. The van der Waals surface area contributed by atoms with E-state index in [2.05, 4.69) is 60.6 Å². The van der Waals surface area contributed by atoms with Crippen LogP contribution in [0.25, 0.3) is 10.4 Å². The molecule has 0 bridgehead atoms. The van der Waals surface area contributed by atoms with Crippen molar-refractivity contribution in [3.63, 3.8) is 0 Å². The molecule has 6 aromatic rings. The van der Waals surface area contributed by atoms with Crippen molar-refractivity contribution in [1.29, 1.82) is 0 Å². The molecule has 4 aromatic heterocycles. The molecular weight excluding hydrogens is 1070 g/mol. The average Bonchev–Trinajstić information content (AvgIpc) is 2.99. The summed E-state index contributed by atoms with van der Waals surface area (Å²) in [5, 5.41) is 44.2. The van der Waals surface area contributed by atoms with Gasteiger partial charge >= 0.3 is 5.69 Å². The summed E-state index contributed by atoms with van der Waals surface area (Å²) in [6, 6.07) is 26.0. The lowest BCUT2D eigenvalue weighted by atomic mass is 9.91. The summed E-state index contributed by atoms with van der Waals surface area (Å²) < 4.78 is 6.69. The van der Waals surface area contributed by atoms with Crippen LogP contribution >= 0.6 is 0 Å². The van der Waals surface area contributed by atoms with E-state index < -0.39 is 65.4 Å². The Morgan fingerprint density at radius 3 is 2.38 bits per heavy atom. The molecule has 3 fully saturated rings. The highest BCUT2D eigenvalue weighted by atomic mass is 16.5. The van der Waals surface area contributed by atoms with E-state index in [4.69, 9.17) is 15.4 Å². The molecule has 2 saturated heterocycles. The minimum Gasteiger partial charge on any atom is -0.394 e. The first kappa shape index (κ1) is 60.4. The molecule has 0 radical (unpaired) electrons. The smallest absolute Gasteiger partial charge is 0.330 e. The molecule has 7 N–H and O–H groups in total. The molecule has 2 aliphatic carbocycles. The average molecular weight is 1150 g/mol. The molecule has 3 aliphatic heterocycles. The number of fused-ring (bicyclic) bond motifs is 3. The first-order chi connectivity index (χ1) is 40.4. The van der Waals surface area contributed by atoms with Crippen molar-refractivity contribution in [2.24, 2.45) is 11.0 Å². The van der Waals surface area contributed by atoms with E-state index in [1.54, 1.807) is 31.6 Å². The fourth-order valence-corrected chi connectivity index (χ4v) is 11.2. The SMILES string of the molecule is CC(C)(C)NC(=O)[C@@H]1CN(Cc2cccnc2)CCN1C[C@@H](O)C[C@@H](Cc1ccccc1)C(=O)N[C@H]1c2ccccc2C[C@H]1O.Cc1ccnc2c1NC(=O)c1cccnc1N2C1CC1.Cc1cn([C@H]2C[C@H](N=[N+]=[N-])[C@@H](CO)O2)c(=O)[nH]c1=O. The molecule has 0 unspecified atom stereocenters. The number of rotatable bonds is 15. The van der Waals surface area contributed by atoms with Gasteiger partial charge in [0.25, 0.3) is 11.5 Å². The number of H-pyrrole nitrogens is 1. The van der Waals surface area contributed by atoms with Gasteiger partial charge in [-0.3, -0.25) is 43.5 Å². The molecule has 2 aromatic carbocycles. The number of carbonyl (C=O) groups excluding carboxylic acids is 3. The molecule has 23 nitrogen and oxygen atoms in total.